The molecule has 1 aromatic carbocycles. The first kappa shape index (κ1) is 29.2. The Balaban J connectivity index is 1.19. The molecule has 40 heavy (non-hydrogen) atoms. The van der Waals surface area contributed by atoms with Crippen molar-refractivity contribution in [3.05, 3.63) is 42.0 Å². The van der Waals surface area contributed by atoms with E-state index in [-0.39, 0.29) is 15.7 Å². The summed E-state index contributed by atoms with van der Waals surface area (Å²) in [5.41, 5.74) is 0.771. The van der Waals surface area contributed by atoms with Crippen LogP contribution in [0.2, 0.25) is 0 Å². The second-order valence-corrected chi connectivity index (χ2v) is 15.4. The molecule has 1 unspecified atom stereocenters. The van der Waals surface area contributed by atoms with Crippen LogP contribution in [0.3, 0.4) is 0 Å². The molecule has 1 N–H and O–H groups in total. The summed E-state index contributed by atoms with van der Waals surface area (Å²) in [4.78, 5) is 38.5. The normalized spacial score (nSPS) is 36.5. The monoisotopic (exact) mass is 567 g/mol. The number of carbonyl (C=O) groups is 3. The Labute approximate surface area is 239 Å². The number of fused-ring (bicyclic) bond motifs is 5. The summed E-state index contributed by atoms with van der Waals surface area (Å²) in [6.07, 6.45) is 12.0. The summed E-state index contributed by atoms with van der Waals surface area (Å²) in [7, 11) is -3.90. The van der Waals surface area contributed by atoms with E-state index in [1.54, 1.807) is 18.2 Å². The smallest absolute Gasteiger partial charge is 0.264 e. The minimum atomic E-state index is -3.90. The largest absolute Gasteiger partial charge is 0.300 e. The molecule has 0 radical (unpaired) electrons. The number of allylic oxidation sites excluding steroid dienone is 1. The Morgan fingerprint density at radius 2 is 1.77 bits per heavy atom. The zero-order chi connectivity index (χ0) is 28.9. The van der Waals surface area contributed by atoms with Crippen LogP contribution >= 0.6 is 0 Å². The Morgan fingerprint density at radius 1 is 1.05 bits per heavy atom. The lowest BCUT2D eigenvalue weighted by molar-refractivity contribution is -0.159. The van der Waals surface area contributed by atoms with E-state index in [1.165, 1.54) is 18.2 Å². The van der Waals surface area contributed by atoms with Crippen LogP contribution in [0.5, 0.6) is 0 Å². The molecule has 4 fully saturated rings. The van der Waals surface area contributed by atoms with Gasteiger partial charge in [0.25, 0.3) is 15.9 Å². The predicted octanol–water partition coefficient (Wildman–Crippen LogP) is 6.18. The van der Waals surface area contributed by atoms with Crippen molar-refractivity contribution in [3.63, 3.8) is 0 Å². The number of Topliss-reactive ketones (excluding diaryl/α,β-unsaturated/α-hetero) is 2. The van der Waals surface area contributed by atoms with E-state index in [4.69, 9.17) is 0 Å². The lowest BCUT2D eigenvalue weighted by atomic mass is 9.44. The zero-order valence-electron chi connectivity index (χ0n) is 24.4. The van der Waals surface area contributed by atoms with Crippen LogP contribution < -0.4 is 4.72 Å². The molecule has 0 aromatic heterocycles. The first-order valence-corrected chi connectivity index (χ1v) is 16.7. The van der Waals surface area contributed by atoms with E-state index in [1.807, 2.05) is 6.92 Å². The number of carbonyl (C=O) groups excluding carboxylic acids is 3. The van der Waals surface area contributed by atoms with Gasteiger partial charge in [-0.2, -0.15) is 0 Å². The highest BCUT2D eigenvalue weighted by molar-refractivity contribution is 7.90. The van der Waals surface area contributed by atoms with Gasteiger partial charge in [0.05, 0.1) is 4.90 Å². The molecule has 5 rings (SSSR count). The summed E-state index contributed by atoms with van der Waals surface area (Å²) in [5, 5.41) is 0. The molecular formula is C33H45NO5S. The van der Waals surface area contributed by atoms with Gasteiger partial charge in [-0.05, 0) is 111 Å². The third-order valence-corrected chi connectivity index (χ3v) is 13.1. The quantitative estimate of drug-likeness (QED) is 0.397. The standard InChI is InChI=1S/C33H45NO5S/c1-21-9-12-25(13-10-21)40(38,39)34-31(37)8-6-5-7-22(2)27-15-16-28-26-14-11-23-19-24(35)17-18-32(23,3)29(26)20-30(36)33(27,28)4/h6,8-10,12-13,22-23,26-29H,5,7,11,14-20H2,1-4H3,(H,34,37)/b8-6+/t22-,23?,26+,27-,28+,29+,32+,33-/m1/s1. The molecular weight excluding hydrogens is 522 g/mol. The number of hydrogen-bond donors (Lipinski definition) is 1. The number of sulfonamides is 1. The van der Waals surface area contributed by atoms with Crippen LogP contribution in [0, 0.1) is 53.3 Å². The molecule has 1 aromatic rings. The summed E-state index contributed by atoms with van der Waals surface area (Å²) in [6.45, 7) is 8.72. The van der Waals surface area contributed by atoms with Crippen LogP contribution in [-0.2, 0) is 24.4 Å². The Morgan fingerprint density at radius 3 is 2.50 bits per heavy atom. The number of nitrogens with one attached hydrogen (secondary N) is 1. The highest BCUT2D eigenvalue weighted by atomic mass is 32.2. The molecule has 6 nitrogen and oxygen atoms in total. The van der Waals surface area contributed by atoms with Gasteiger partial charge in [0, 0.05) is 24.7 Å². The molecule has 1 amide bonds. The molecule has 4 saturated carbocycles. The minimum Gasteiger partial charge on any atom is -0.300 e. The van der Waals surface area contributed by atoms with Crippen molar-refractivity contribution in [1.82, 2.24) is 4.72 Å². The van der Waals surface area contributed by atoms with Crippen LogP contribution in [0.25, 0.3) is 0 Å². The average molecular weight is 568 g/mol. The van der Waals surface area contributed by atoms with E-state index >= 15 is 0 Å². The number of benzene rings is 1. The zero-order valence-corrected chi connectivity index (χ0v) is 25.3. The molecule has 7 heteroatoms. The second kappa shape index (κ2) is 10.8. The van der Waals surface area contributed by atoms with Crippen LogP contribution in [0.1, 0.15) is 90.5 Å². The molecule has 218 valence electrons. The van der Waals surface area contributed by atoms with E-state index in [0.717, 1.165) is 44.1 Å². The SMILES string of the molecule is Cc1ccc(S(=O)(=O)NC(=O)/C=C/CC[C@@H](C)[C@H]2CC[C@H]3[C@@H]4CCC5CC(=O)CC[C@]5(C)[C@H]4CC(=O)[C@]23C)cc1. The minimum absolute atomic E-state index is 0.0661. The fourth-order valence-corrected chi connectivity index (χ4v) is 10.3. The third kappa shape index (κ3) is 5.12. The molecule has 4 aliphatic carbocycles. The number of rotatable bonds is 7. The van der Waals surface area contributed by atoms with Gasteiger partial charge in [0.1, 0.15) is 11.6 Å². The number of amides is 1. The topological polar surface area (TPSA) is 97.4 Å². The van der Waals surface area contributed by atoms with Crippen molar-refractivity contribution in [1.29, 1.82) is 0 Å². The van der Waals surface area contributed by atoms with Crippen molar-refractivity contribution < 1.29 is 22.8 Å². The molecule has 0 aliphatic heterocycles. The van der Waals surface area contributed by atoms with Gasteiger partial charge in [0.15, 0.2) is 0 Å². The fourth-order valence-electron chi connectivity index (χ4n) is 9.39. The lowest BCUT2D eigenvalue weighted by Gasteiger charge is -2.59. The summed E-state index contributed by atoms with van der Waals surface area (Å²) >= 11 is 0. The van der Waals surface area contributed by atoms with Gasteiger partial charge >= 0.3 is 0 Å². The maximum atomic E-state index is 13.9. The van der Waals surface area contributed by atoms with Crippen molar-refractivity contribution >= 4 is 27.5 Å². The molecule has 8 atom stereocenters. The maximum Gasteiger partial charge on any atom is 0.264 e. The first-order chi connectivity index (χ1) is 18.9. The van der Waals surface area contributed by atoms with Gasteiger partial charge in [0.2, 0.25) is 0 Å². The van der Waals surface area contributed by atoms with Gasteiger partial charge in [-0.3, -0.25) is 14.4 Å². The van der Waals surface area contributed by atoms with Crippen molar-refractivity contribution in [3.8, 4) is 0 Å². The van der Waals surface area contributed by atoms with Crippen molar-refractivity contribution in [2.45, 2.75) is 96.8 Å². The van der Waals surface area contributed by atoms with Gasteiger partial charge in [-0.1, -0.05) is 44.5 Å². The highest BCUT2D eigenvalue weighted by Gasteiger charge is 2.63. The van der Waals surface area contributed by atoms with Crippen LogP contribution in [0.4, 0.5) is 0 Å². The summed E-state index contributed by atoms with van der Waals surface area (Å²) in [5.74, 6) is 2.71. The van der Waals surface area contributed by atoms with Gasteiger partial charge in [-0.15, -0.1) is 0 Å². The third-order valence-electron chi connectivity index (χ3n) is 11.7. The molecule has 0 bridgehead atoms. The Kier molecular flexibility index (Phi) is 7.92. The first-order valence-electron chi connectivity index (χ1n) is 15.2. The van der Waals surface area contributed by atoms with E-state index in [2.05, 4.69) is 25.5 Å². The fraction of sp³-hybridized carbons (Fsp3) is 0.667. The number of ketones is 2. The Bertz CT molecular complexity index is 1300. The van der Waals surface area contributed by atoms with E-state index in [0.29, 0.717) is 72.8 Å². The van der Waals surface area contributed by atoms with Crippen LogP contribution in [0.15, 0.2) is 41.3 Å². The van der Waals surface area contributed by atoms with E-state index in [9.17, 15) is 22.8 Å². The maximum absolute atomic E-state index is 13.9. The van der Waals surface area contributed by atoms with Gasteiger partial charge < -0.3 is 0 Å². The second-order valence-electron chi connectivity index (χ2n) is 13.7. The average Bonchev–Trinajstić information content (AvgIpc) is 3.26. The van der Waals surface area contributed by atoms with Crippen molar-refractivity contribution in [2.75, 3.05) is 0 Å². The summed E-state index contributed by atoms with van der Waals surface area (Å²) < 4.78 is 27.1. The van der Waals surface area contributed by atoms with Crippen molar-refractivity contribution in [2.24, 2.45) is 46.3 Å². The highest BCUT2D eigenvalue weighted by Crippen LogP contribution is 2.67. The number of aryl methyl sites for hydroxylation is 1. The summed E-state index contributed by atoms with van der Waals surface area (Å²) in [6, 6.07) is 6.38. The van der Waals surface area contributed by atoms with Gasteiger partial charge in [-0.25, -0.2) is 13.1 Å². The molecule has 0 spiro atoms. The van der Waals surface area contributed by atoms with E-state index < -0.39 is 15.9 Å². The predicted molar refractivity (Wildman–Crippen MR) is 155 cm³/mol. The van der Waals surface area contributed by atoms with Crippen LogP contribution in [-0.4, -0.2) is 25.9 Å². The lowest BCUT2D eigenvalue weighted by Crippen LogP contribution is -2.57. The molecule has 0 saturated heterocycles. The Hall–Kier alpha value is -2.28. The molecule has 4 aliphatic rings. The molecule has 0 heterocycles. The number of hydrogen-bond acceptors (Lipinski definition) is 5.